The number of rotatable bonds is 10. The number of para-hydroxylation sites is 1. The summed E-state index contributed by atoms with van der Waals surface area (Å²) in [6.07, 6.45) is 7.90. The summed E-state index contributed by atoms with van der Waals surface area (Å²) in [5.74, 6) is -0.0301. The Labute approximate surface area is 204 Å². The summed E-state index contributed by atoms with van der Waals surface area (Å²) in [5, 5.41) is 11.4. The summed E-state index contributed by atoms with van der Waals surface area (Å²) in [4.78, 5) is -0.514. The molecular formula is C20H25KO5S. The van der Waals surface area contributed by atoms with E-state index in [0.29, 0.717) is 5.75 Å². The van der Waals surface area contributed by atoms with Crippen LogP contribution in [0.2, 0.25) is 0 Å². The third kappa shape index (κ3) is 8.23. The Balaban J connectivity index is 0.00000364. The van der Waals surface area contributed by atoms with Gasteiger partial charge in [0.25, 0.3) is 10.1 Å². The predicted octanol–water partition coefficient (Wildman–Crippen LogP) is 1.71. The molecule has 27 heavy (non-hydrogen) atoms. The van der Waals surface area contributed by atoms with E-state index >= 15 is 0 Å². The van der Waals surface area contributed by atoms with Gasteiger partial charge in [-0.1, -0.05) is 63.3 Å². The first kappa shape index (κ1) is 24.6. The first-order chi connectivity index (χ1) is 12.4. The van der Waals surface area contributed by atoms with Crippen molar-refractivity contribution < 1.29 is 74.2 Å². The fourth-order valence-corrected chi connectivity index (χ4v) is 3.43. The van der Waals surface area contributed by atoms with Crippen LogP contribution >= 0.6 is 0 Å². The first-order valence-corrected chi connectivity index (χ1v) is 10.4. The molecule has 0 saturated carbocycles. The third-order valence-electron chi connectivity index (χ3n) is 4.19. The molecule has 0 bridgehead atoms. The molecule has 0 aliphatic rings. The predicted molar refractivity (Wildman–Crippen MR) is 99.3 cm³/mol. The molecule has 1 N–H and O–H groups in total. The second kappa shape index (κ2) is 12.2. The second-order valence-corrected chi connectivity index (χ2v) is 7.70. The van der Waals surface area contributed by atoms with Crippen molar-refractivity contribution in [1.82, 2.24) is 0 Å². The molecule has 0 aliphatic heterocycles. The fraction of sp³-hybridized carbons (Fsp3) is 0.400. The SMILES string of the molecule is CCCCCCCCc1ccccc1Oc1ccc([O-])cc1S(=O)(=O)O.[K+]. The van der Waals surface area contributed by atoms with Gasteiger partial charge in [0.15, 0.2) is 0 Å². The summed E-state index contributed by atoms with van der Waals surface area (Å²) in [6.45, 7) is 2.19. The number of hydrogen-bond donors (Lipinski definition) is 1. The maximum atomic E-state index is 11.5. The molecule has 0 spiro atoms. The third-order valence-corrected chi connectivity index (χ3v) is 5.06. The van der Waals surface area contributed by atoms with E-state index in [4.69, 9.17) is 4.74 Å². The Kier molecular flexibility index (Phi) is 11.1. The molecule has 2 aromatic carbocycles. The molecule has 2 aromatic rings. The largest absolute Gasteiger partial charge is 1.00 e. The van der Waals surface area contributed by atoms with Gasteiger partial charge < -0.3 is 9.84 Å². The van der Waals surface area contributed by atoms with E-state index in [1.165, 1.54) is 37.8 Å². The zero-order chi connectivity index (χ0) is 19.0. The number of benzene rings is 2. The van der Waals surface area contributed by atoms with Crippen LogP contribution in [-0.2, 0) is 16.5 Å². The van der Waals surface area contributed by atoms with Gasteiger partial charge in [0.1, 0.15) is 16.4 Å². The van der Waals surface area contributed by atoms with Crippen LogP contribution < -0.4 is 61.2 Å². The van der Waals surface area contributed by atoms with Gasteiger partial charge in [-0.2, -0.15) is 8.42 Å². The van der Waals surface area contributed by atoms with Gasteiger partial charge in [0.2, 0.25) is 0 Å². The maximum Gasteiger partial charge on any atom is 1.00 e. The maximum absolute atomic E-state index is 11.5. The summed E-state index contributed by atoms with van der Waals surface area (Å²) in [5.41, 5.74) is 0.968. The summed E-state index contributed by atoms with van der Waals surface area (Å²) in [6, 6.07) is 10.7. The zero-order valence-electron chi connectivity index (χ0n) is 16.0. The first-order valence-electron chi connectivity index (χ1n) is 8.96. The monoisotopic (exact) mass is 416 g/mol. The number of aryl methyl sites for hydroxylation is 1. The summed E-state index contributed by atoms with van der Waals surface area (Å²) < 4.78 is 38.1. The molecule has 7 heteroatoms. The van der Waals surface area contributed by atoms with Crippen molar-refractivity contribution in [2.24, 2.45) is 0 Å². The van der Waals surface area contributed by atoms with E-state index in [2.05, 4.69) is 6.92 Å². The van der Waals surface area contributed by atoms with Gasteiger partial charge in [0.05, 0.1) is 0 Å². The van der Waals surface area contributed by atoms with Crippen LogP contribution in [0.5, 0.6) is 17.2 Å². The van der Waals surface area contributed by atoms with Crippen LogP contribution in [0.3, 0.4) is 0 Å². The Bertz CT molecular complexity index is 821. The number of unbranched alkanes of at least 4 members (excludes halogenated alkanes) is 5. The van der Waals surface area contributed by atoms with Crippen molar-refractivity contribution in [2.75, 3.05) is 0 Å². The van der Waals surface area contributed by atoms with Gasteiger partial charge in [0, 0.05) is 0 Å². The van der Waals surface area contributed by atoms with Crippen LogP contribution in [0, 0.1) is 0 Å². The quantitative estimate of drug-likeness (QED) is 0.362. The molecule has 0 aromatic heterocycles. The molecule has 0 radical (unpaired) electrons. The average molecular weight is 417 g/mol. The van der Waals surface area contributed by atoms with Crippen LogP contribution in [-0.4, -0.2) is 13.0 Å². The minimum absolute atomic E-state index is 0. The molecule has 0 atom stereocenters. The van der Waals surface area contributed by atoms with E-state index in [0.717, 1.165) is 30.9 Å². The van der Waals surface area contributed by atoms with E-state index in [9.17, 15) is 18.1 Å². The topological polar surface area (TPSA) is 86.7 Å². The normalized spacial score (nSPS) is 11.0. The van der Waals surface area contributed by atoms with Gasteiger partial charge in [-0.3, -0.25) is 4.55 Å². The van der Waals surface area contributed by atoms with Crippen LogP contribution in [0.15, 0.2) is 47.4 Å². The molecule has 0 fully saturated rings. The standard InChI is InChI=1S/C20H26O5S.K/c1-2-3-4-5-6-7-10-16-11-8-9-12-18(16)25-19-14-13-17(21)15-20(19)26(22,23)24;/h8-9,11-15,21H,2-7,10H2,1H3,(H,22,23,24);/q;+1/p-1. The van der Waals surface area contributed by atoms with E-state index in [1.807, 2.05) is 12.1 Å². The van der Waals surface area contributed by atoms with Crippen molar-refractivity contribution in [3.63, 3.8) is 0 Å². The minimum atomic E-state index is -4.54. The molecule has 0 amide bonds. The fourth-order valence-electron chi connectivity index (χ4n) is 2.80. The van der Waals surface area contributed by atoms with Crippen LogP contribution in [0.25, 0.3) is 0 Å². The molecule has 2 rings (SSSR count). The molecular weight excluding hydrogens is 391 g/mol. The van der Waals surface area contributed by atoms with Crippen molar-refractivity contribution in [3.8, 4) is 17.2 Å². The van der Waals surface area contributed by atoms with E-state index in [-0.39, 0.29) is 57.1 Å². The minimum Gasteiger partial charge on any atom is -0.872 e. The van der Waals surface area contributed by atoms with Gasteiger partial charge in [-0.25, -0.2) is 0 Å². The Hall–Kier alpha value is -0.414. The van der Waals surface area contributed by atoms with E-state index < -0.39 is 20.8 Å². The Morgan fingerprint density at radius 3 is 2.33 bits per heavy atom. The smallest absolute Gasteiger partial charge is 0.872 e. The van der Waals surface area contributed by atoms with Crippen molar-refractivity contribution in [3.05, 3.63) is 48.0 Å². The molecule has 142 valence electrons. The number of ether oxygens (including phenoxy) is 1. The summed E-state index contributed by atoms with van der Waals surface area (Å²) in [7, 11) is -4.54. The van der Waals surface area contributed by atoms with Crippen molar-refractivity contribution >= 4 is 10.1 Å². The van der Waals surface area contributed by atoms with Crippen LogP contribution in [0.4, 0.5) is 0 Å². The van der Waals surface area contributed by atoms with Crippen molar-refractivity contribution in [2.45, 2.75) is 56.8 Å². The second-order valence-electron chi connectivity index (χ2n) is 6.31. The Morgan fingerprint density at radius 1 is 0.963 bits per heavy atom. The van der Waals surface area contributed by atoms with E-state index in [1.54, 1.807) is 12.1 Å². The Morgan fingerprint density at radius 2 is 1.63 bits per heavy atom. The zero-order valence-corrected chi connectivity index (χ0v) is 19.9. The van der Waals surface area contributed by atoms with Gasteiger partial charge in [-0.15, -0.1) is 5.75 Å². The number of hydrogen-bond acceptors (Lipinski definition) is 4. The van der Waals surface area contributed by atoms with Crippen molar-refractivity contribution in [1.29, 1.82) is 0 Å². The molecule has 0 heterocycles. The molecule has 5 nitrogen and oxygen atoms in total. The van der Waals surface area contributed by atoms with Gasteiger partial charge >= 0.3 is 51.4 Å². The molecule has 0 unspecified atom stereocenters. The molecule has 0 aliphatic carbocycles. The van der Waals surface area contributed by atoms with Crippen LogP contribution in [0.1, 0.15) is 51.0 Å². The average Bonchev–Trinajstić information content (AvgIpc) is 2.60. The summed E-state index contributed by atoms with van der Waals surface area (Å²) >= 11 is 0. The molecule has 0 saturated heterocycles. The van der Waals surface area contributed by atoms with Gasteiger partial charge in [-0.05, 0) is 36.6 Å².